The van der Waals surface area contributed by atoms with Crippen molar-refractivity contribution in [3.63, 3.8) is 0 Å². The number of halogens is 2. The molecule has 0 aliphatic rings. The van der Waals surface area contributed by atoms with Gasteiger partial charge in [-0.05, 0) is 48.4 Å². The average molecular weight is 515 g/mol. The van der Waals surface area contributed by atoms with Gasteiger partial charge in [-0.15, -0.1) is 0 Å². The number of nitrogens with one attached hydrogen (secondary N) is 2. The van der Waals surface area contributed by atoms with E-state index in [2.05, 4.69) is 31.8 Å². The highest BCUT2D eigenvalue weighted by molar-refractivity contribution is 9.10. The van der Waals surface area contributed by atoms with E-state index in [0.29, 0.717) is 22.0 Å². The molecule has 3 rings (SSSR count). The summed E-state index contributed by atoms with van der Waals surface area (Å²) in [5.74, 6) is -1.14. The Kier molecular flexibility index (Phi) is 8.41. The maximum absolute atomic E-state index is 12.1. The van der Waals surface area contributed by atoms with Crippen molar-refractivity contribution in [2.24, 2.45) is 5.10 Å². The van der Waals surface area contributed by atoms with E-state index in [1.807, 2.05) is 43.3 Å². The molecule has 0 atom stereocenters. The first-order valence-corrected chi connectivity index (χ1v) is 11.0. The fourth-order valence-electron chi connectivity index (χ4n) is 2.75. The minimum atomic E-state index is -0.880. The van der Waals surface area contributed by atoms with Crippen molar-refractivity contribution in [2.75, 3.05) is 5.32 Å². The van der Waals surface area contributed by atoms with Crippen molar-refractivity contribution < 1.29 is 14.3 Å². The van der Waals surface area contributed by atoms with Gasteiger partial charge in [-0.1, -0.05) is 64.8 Å². The van der Waals surface area contributed by atoms with Crippen LogP contribution in [0.3, 0.4) is 0 Å². The summed E-state index contributed by atoms with van der Waals surface area (Å²) in [7, 11) is 0. The van der Waals surface area contributed by atoms with Crippen LogP contribution in [0.5, 0.6) is 5.75 Å². The second-order valence-corrected chi connectivity index (χ2v) is 8.09. The lowest BCUT2D eigenvalue weighted by Gasteiger charge is -2.10. The molecule has 0 aliphatic carbocycles. The third-order valence-corrected chi connectivity index (χ3v) is 5.37. The maximum Gasteiger partial charge on any atom is 0.329 e. The van der Waals surface area contributed by atoms with Crippen LogP contribution in [-0.4, -0.2) is 18.0 Å². The number of aryl methyl sites for hydroxylation is 1. The van der Waals surface area contributed by atoms with Crippen LogP contribution < -0.4 is 15.5 Å². The lowest BCUT2D eigenvalue weighted by molar-refractivity contribution is -0.136. The summed E-state index contributed by atoms with van der Waals surface area (Å²) in [6.45, 7) is 2.31. The third kappa shape index (κ3) is 6.67. The number of carbonyl (C=O) groups excluding carboxylic acids is 2. The Morgan fingerprint density at radius 1 is 1.06 bits per heavy atom. The van der Waals surface area contributed by atoms with Gasteiger partial charge in [0, 0.05) is 26.3 Å². The summed E-state index contributed by atoms with van der Waals surface area (Å²) < 4.78 is 6.68. The summed E-state index contributed by atoms with van der Waals surface area (Å²) in [4.78, 5) is 24.1. The largest absolute Gasteiger partial charge is 0.488 e. The number of benzene rings is 3. The minimum absolute atomic E-state index is 0.272. The molecule has 0 spiro atoms. The first-order valence-electron chi connectivity index (χ1n) is 9.85. The predicted octanol–water partition coefficient (Wildman–Crippen LogP) is 5.33. The van der Waals surface area contributed by atoms with Crippen LogP contribution in [-0.2, 0) is 22.6 Å². The van der Waals surface area contributed by atoms with Crippen LogP contribution >= 0.6 is 27.5 Å². The van der Waals surface area contributed by atoms with Gasteiger partial charge in [0.15, 0.2) is 0 Å². The van der Waals surface area contributed by atoms with Crippen molar-refractivity contribution in [1.29, 1.82) is 0 Å². The highest BCUT2D eigenvalue weighted by atomic mass is 79.9. The smallest absolute Gasteiger partial charge is 0.329 e. The van der Waals surface area contributed by atoms with Crippen LogP contribution in [0.1, 0.15) is 23.6 Å². The molecule has 8 heteroatoms. The van der Waals surface area contributed by atoms with Crippen LogP contribution in [0.15, 0.2) is 76.3 Å². The number of hydrazone groups is 1. The van der Waals surface area contributed by atoms with Crippen LogP contribution in [0, 0.1) is 0 Å². The summed E-state index contributed by atoms with van der Waals surface area (Å²) >= 11 is 9.58. The van der Waals surface area contributed by atoms with E-state index in [0.717, 1.165) is 22.0 Å². The number of nitrogens with zero attached hydrogens (tertiary/aromatic N) is 1. The van der Waals surface area contributed by atoms with E-state index in [-0.39, 0.29) is 6.61 Å². The molecule has 0 aromatic heterocycles. The van der Waals surface area contributed by atoms with Crippen LogP contribution in [0.2, 0.25) is 5.02 Å². The lowest BCUT2D eigenvalue weighted by atomic mass is 10.1. The van der Waals surface area contributed by atoms with Gasteiger partial charge in [0.25, 0.3) is 0 Å². The molecular weight excluding hydrogens is 494 g/mol. The van der Waals surface area contributed by atoms with Gasteiger partial charge in [0.1, 0.15) is 12.4 Å². The Balaban J connectivity index is 1.61. The van der Waals surface area contributed by atoms with Crippen molar-refractivity contribution in [2.45, 2.75) is 20.0 Å². The lowest BCUT2D eigenvalue weighted by Crippen LogP contribution is -2.32. The first kappa shape index (κ1) is 23.5. The monoisotopic (exact) mass is 513 g/mol. The maximum atomic E-state index is 12.1. The van der Waals surface area contributed by atoms with Gasteiger partial charge in [0.05, 0.1) is 6.21 Å². The van der Waals surface area contributed by atoms with Gasteiger partial charge in [-0.25, -0.2) is 5.43 Å². The highest BCUT2D eigenvalue weighted by Crippen LogP contribution is 2.24. The van der Waals surface area contributed by atoms with Gasteiger partial charge >= 0.3 is 11.8 Å². The number of anilines is 1. The molecule has 0 radical (unpaired) electrons. The molecule has 6 nitrogen and oxygen atoms in total. The fraction of sp³-hybridized carbons (Fsp3) is 0.125. The zero-order valence-electron chi connectivity index (χ0n) is 17.3. The van der Waals surface area contributed by atoms with Gasteiger partial charge in [0.2, 0.25) is 0 Å². The Bertz CT molecular complexity index is 1130. The summed E-state index contributed by atoms with van der Waals surface area (Å²) in [6, 6.07) is 20.1. The molecule has 0 heterocycles. The molecule has 32 heavy (non-hydrogen) atoms. The molecule has 0 aliphatic heterocycles. The van der Waals surface area contributed by atoms with E-state index in [1.54, 1.807) is 30.3 Å². The summed E-state index contributed by atoms with van der Waals surface area (Å²) in [6.07, 6.45) is 2.30. The van der Waals surface area contributed by atoms with Crippen molar-refractivity contribution in [3.8, 4) is 5.75 Å². The zero-order chi connectivity index (χ0) is 22.9. The van der Waals surface area contributed by atoms with Crippen LogP contribution in [0.4, 0.5) is 5.69 Å². The molecule has 3 aromatic rings. The topological polar surface area (TPSA) is 79.8 Å². The summed E-state index contributed by atoms with van der Waals surface area (Å²) in [5, 5.41) is 7.04. The molecule has 0 fully saturated rings. The van der Waals surface area contributed by atoms with Crippen molar-refractivity contribution in [1.82, 2.24) is 5.43 Å². The zero-order valence-corrected chi connectivity index (χ0v) is 19.6. The minimum Gasteiger partial charge on any atom is -0.488 e. The number of carbonyl (C=O) groups is 2. The second kappa shape index (κ2) is 11.5. The number of ether oxygens (including phenoxy) is 1. The Labute approximate surface area is 199 Å². The first-order chi connectivity index (χ1) is 15.5. The van der Waals surface area contributed by atoms with Crippen LogP contribution in [0.25, 0.3) is 0 Å². The molecule has 0 saturated carbocycles. The number of hydrogen-bond donors (Lipinski definition) is 2. The molecule has 2 amide bonds. The normalized spacial score (nSPS) is 10.7. The third-order valence-electron chi connectivity index (χ3n) is 4.51. The SMILES string of the molecule is CCc1ccc(NC(=O)C(=O)N/N=C\c2cc(Br)ccc2OCc2ccccc2Cl)cc1. The number of rotatable bonds is 7. The van der Waals surface area contributed by atoms with E-state index in [4.69, 9.17) is 16.3 Å². The molecular formula is C24H21BrClN3O3. The molecule has 3 aromatic carbocycles. The van der Waals surface area contributed by atoms with E-state index < -0.39 is 11.8 Å². The van der Waals surface area contributed by atoms with Crippen molar-refractivity contribution in [3.05, 3.63) is 92.9 Å². The fourth-order valence-corrected chi connectivity index (χ4v) is 3.31. The molecule has 0 bridgehead atoms. The van der Waals surface area contributed by atoms with Crippen molar-refractivity contribution >= 4 is 51.2 Å². The Morgan fingerprint density at radius 2 is 1.81 bits per heavy atom. The molecule has 0 unspecified atom stereocenters. The Morgan fingerprint density at radius 3 is 2.53 bits per heavy atom. The van der Waals surface area contributed by atoms with Gasteiger partial charge in [-0.2, -0.15) is 5.10 Å². The number of amides is 2. The van der Waals surface area contributed by atoms with Gasteiger partial charge in [-0.3, -0.25) is 9.59 Å². The molecule has 0 saturated heterocycles. The van der Waals surface area contributed by atoms with Gasteiger partial charge < -0.3 is 10.1 Å². The average Bonchev–Trinajstić information content (AvgIpc) is 2.80. The quantitative estimate of drug-likeness (QED) is 0.254. The summed E-state index contributed by atoms with van der Waals surface area (Å²) in [5.41, 5.74) is 5.36. The second-order valence-electron chi connectivity index (χ2n) is 6.77. The van der Waals surface area contributed by atoms with E-state index >= 15 is 0 Å². The van der Waals surface area contributed by atoms with E-state index in [1.165, 1.54) is 6.21 Å². The Hall–Kier alpha value is -3.16. The number of hydrogen-bond acceptors (Lipinski definition) is 4. The predicted molar refractivity (Wildman–Crippen MR) is 130 cm³/mol. The highest BCUT2D eigenvalue weighted by Gasteiger charge is 2.13. The van der Waals surface area contributed by atoms with E-state index in [9.17, 15) is 9.59 Å². The molecule has 2 N–H and O–H groups in total. The molecule has 164 valence electrons. The standard InChI is InChI=1S/C24H21BrClN3O3/c1-2-16-7-10-20(11-8-16)28-23(30)24(31)29-27-14-18-13-19(25)9-12-22(18)32-15-17-5-3-4-6-21(17)26/h3-14H,2,15H2,1H3,(H,28,30)(H,29,31)/b27-14-.